The molecule has 19 heavy (non-hydrogen) atoms. The molecule has 0 bridgehead atoms. The lowest BCUT2D eigenvalue weighted by Crippen LogP contribution is -1.97. The van der Waals surface area contributed by atoms with Crippen LogP contribution in [0, 0.1) is 5.82 Å². The van der Waals surface area contributed by atoms with E-state index in [9.17, 15) is 4.39 Å². The summed E-state index contributed by atoms with van der Waals surface area (Å²) in [4.78, 5) is 0. The fourth-order valence-corrected chi connectivity index (χ4v) is 2.01. The Morgan fingerprint density at radius 1 is 1.11 bits per heavy atom. The van der Waals surface area contributed by atoms with Crippen molar-refractivity contribution < 1.29 is 13.5 Å². The van der Waals surface area contributed by atoms with E-state index in [1.54, 1.807) is 30.5 Å². The van der Waals surface area contributed by atoms with E-state index in [1.165, 1.54) is 6.07 Å². The molecule has 0 amide bonds. The Labute approximate surface area is 109 Å². The quantitative estimate of drug-likeness (QED) is 0.727. The average Bonchev–Trinajstić information content (AvgIpc) is 2.83. The molecule has 3 aromatic rings. The van der Waals surface area contributed by atoms with Crippen molar-refractivity contribution in [2.24, 2.45) is 0 Å². The molecule has 0 aliphatic heterocycles. The maximum absolute atomic E-state index is 13.4. The van der Waals surface area contributed by atoms with E-state index >= 15 is 0 Å². The van der Waals surface area contributed by atoms with Gasteiger partial charge in [0.1, 0.15) is 12.2 Å². The second kappa shape index (κ2) is 4.65. The number of furan rings is 1. The molecule has 0 fully saturated rings. The van der Waals surface area contributed by atoms with Gasteiger partial charge < -0.3 is 14.9 Å². The monoisotopic (exact) mass is 257 g/mol. The van der Waals surface area contributed by atoms with Crippen LogP contribution >= 0.6 is 0 Å². The molecule has 2 N–H and O–H groups in total. The molecule has 3 nitrogen and oxygen atoms in total. The van der Waals surface area contributed by atoms with Gasteiger partial charge in [0.2, 0.25) is 0 Å². The van der Waals surface area contributed by atoms with Crippen molar-refractivity contribution in [2.45, 2.75) is 6.61 Å². The van der Waals surface area contributed by atoms with Crippen LogP contribution in [0.5, 0.6) is 5.75 Å². The number of benzene rings is 2. The summed E-state index contributed by atoms with van der Waals surface area (Å²) in [6.07, 6.45) is 1.59. The summed E-state index contributed by atoms with van der Waals surface area (Å²) >= 11 is 0. The zero-order valence-corrected chi connectivity index (χ0v) is 10.1. The third kappa shape index (κ3) is 2.12. The lowest BCUT2D eigenvalue weighted by atomic mass is 10.1. The van der Waals surface area contributed by atoms with Gasteiger partial charge in [-0.1, -0.05) is 18.2 Å². The van der Waals surface area contributed by atoms with Crippen LogP contribution in [0.15, 0.2) is 53.1 Å². The molecule has 0 spiro atoms. The number of hydrogen-bond donors (Lipinski definition) is 1. The molecule has 96 valence electrons. The molecule has 4 heteroatoms. The number of nitrogen functional groups attached to an aromatic ring is 1. The lowest BCUT2D eigenvalue weighted by molar-refractivity contribution is 0.290. The summed E-state index contributed by atoms with van der Waals surface area (Å²) in [5.41, 5.74) is 8.04. The van der Waals surface area contributed by atoms with Gasteiger partial charge in [0.15, 0.2) is 11.6 Å². The van der Waals surface area contributed by atoms with E-state index in [0.717, 1.165) is 10.9 Å². The van der Waals surface area contributed by atoms with Crippen molar-refractivity contribution in [2.75, 3.05) is 5.73 Å². The molecule has 3 rings (SSSR count). The van der Waals surface area contributed by atoms with Crippen molar-refractivity contribution >= 4 is 16.7 Å². The molecule has 0 atom stereocenters. The van der Waals surface area contributed by atoms with Crippen molar-refractivity contribution in [3.63, 3.8) is 0 Å². The molecule has 2 aromatic carbocycles. The fourth-order valence-electron chi connectivity index (χ4n) is 2.01. The third-order valence-corrected chi connectivity index (χ3v) is 2.93. The lowest BCUT2D eigenvalue weighted by Gasteiger charge is -2.06. The van der Waals surface area contributed by atoms with Crippen LogP contribution in [0.1, 0.15) is 5.56 Å². The van der Waals surface area contributed by atoms with Crippen molar-refractivity contribution in [3.05, 3.63) is 60.1 Å². The smallest absolute Gasteiger partial charge is 0.165 e. The Kier molecular flexibility index (Phi) is 2.83. The Morgan fingerprint density at radius 2 is 1.95 bits per heavy atom. The molecule has 0 aliphatic carbocycles. The molecule has 1 heterocycles. The second-order valence-electron chi connectivity index (χ2n) is 4.20. The van der Waals surface area contributed by atoms with E-state index in [-0.39, 0.29) is 18.2 Å². The minimum atomic E-state index is -0.386. The number of ether oxygens (including phenoxy) is 1. The van der Waals surface area contributed by atoms with Gasteiger partial charge in [0.25, 0.3) is 0 Å². The van der Waals surface area contributed by atoms with Crippen LogP contribution in [-0.2, 0) is 6.61 Å². The molecular weight excluding hydrogens is 245 g/mol. The van der Waals surface area contributed by atoms with Gasteiger partial charge in [-0.25, -0.2) is 4.39 Å². The average molecular weight is 257 g/mol. The maximum Gasteiger partial charge on any atom is 0.165 e. The summed E-state index contributed by atoms with van der Waals surface area (Å²) in [5.74, 6) is -0.172. The molecule has 0 unspecified atom stereocenters. The van der Waals surface area contributed by atoms with Gasteiger partial charge >= 0.3 is 0 Å². The van der Waals surface area contributed by atoms with E-state index < -0.39 is 0 Å². The molecule has 0 radical (unpaired) electrons. The third-order valence-electron chi connectivity index (χ3n) is 2.93. The summed E-state index contributed by atoms with van der Waals surface area (Å²) in [5, 5.41) is 0.818. The summed E-state index contributed by atoms with van der Waals surface area (Å²) < 4.78 is 24.3. The highest BCUT2D eigenvalue weighted by Gasteiger charge is 2.10. The summed E-state index contributed by atoms with van der Waals surface area (Å²) in [6.45, 7) is 0.210. The van der Waals surface area contributed by atoms with E-state index in [4.69, 9.17) is 14.9 Å². The topological polar surface area (TPSA) is 48.4 Å². The fraction of sp³-hybridized carbons (Fsp3) is 0.0667. The first-order chi connectivity index (χ1) is 9.25. The number of anilines is 1. The van der Waals surface area contributed by atoms with Crippen LogP contribution in [0.3, 0.4) is 0 Å². The molecule has 1 aromatic heterocycles. The van der Waals surface area contributed by atoms with Gasteiger partial charge in [0.05, 0.1) is 6.26 Å². The molecular formula is C15H12FNO2. The number of para-hydroxylation sites is 1. The summed E-state index contributed by atoms with van der Waals surface area (Å²) in [6, 6.07) is 11.7. The van der Waals surface area contributed by atoms with E-state index in [2.05, 4.69) is 0 Å². The van der Waals surface area contributed by atoms with Crippen LogP contribution in [0.2, 0.25) is 0 Å². The molecule has 0 aliphatic rings. The van der Waals surface area contributed by atoms with Gasteiger partial charge in [-0.15, -0.1) is 0 Å². The first-order valence-corrected chi connectivity index (χ1v) is 5.87. The Balaban J connectivity index is 1.89. The predicted molar refractivity (Wildman–Crippen MR) is 71.4 cm³/mol. The normalized spacial score (nSPS) is 10.8. The van der Waals surface area contributed by atoms with Crippen LogP contribution < -0.4 is 10.5 Å². The van der Waals surface area contributed by atoms with Crippen molar-refractivity contribution in [1.82, 2.24) is 0 Å². The Hall–Kier alpha value is -2.49. The molecule has 0 saturated heterocycles. The highest BCUT2D eigenvalue weighted by Crippen LogP contribution is 2.28. The second-order valence-corrected chi connectivity index (χ2v) is 4.20. The van der Waals surface area contributed by atoms with Crippen LogP contribution in [0.4, 0.5) is 10.1 Å². The maximum atomic E-state index is 13.4. The highest BCUT2D eigenvalue weighted by atomic mass is 19.1. The van der Waals surface area contributed by atoms with Crippen molar-refractivity contribution in [3.8, 4) is 5.75 Å². The highest BCUT2D eigenvalue weighted by molar-refractivity contribution is 5.92. The minimum absolute atomic E-state index is 0.210. The van der Waals surface area contributed by atoms with Crippen LogP contribution in [0.25, 0.3) is 11.0 Å². The van der Waals surface area contributed by atoms with Gasteiger partial charge in [-0.05, 0) is 24.3 Å². The van der Waals surface area contributed by atoms with Crippen LogP contribution in [-0.4, -0.2) is 0 Å². The zero-order chi connectivity index (χ0) is 13.2. The number of halogens is 1. The summed E-state index contributed by atoms with van der Waals surface area (Å²) in [7, 11) is 0. The SMILES string of the molecule is Nc1cccc2occ(COc3ccccc3F)c12. The Morgan fingerprint density at radius 3 is 2.79 bits per heavy atom. The van der Waals surface area contributed by atoms with Gasteiger partial charge in [-0.2, -0.15) is 0 Å². The van der Waals surface area contributed by atoms with Gasteiger partial charge in [0, 0.05) is 16.6 Å². The number of hydrogen-bond acceptors (Lipinski definition) is 3. The van der Waals surface area contributed by atoms with Crippen molar-refractivity contribution in [1.29, 1.82) is 0 Å². The number of nitrogens with two attached hydrogens (primary N) is 1. The standard InChI is InChI=1S/C15H12FNO2/c16-11-4-1-2-6-13(11)18-8-10-9-19-14-7-3-5-12(17)15(10)14/h1-7,9H,8,17H2. The Bertz CT molecular complexity index is 721. The number of fused-ring (bicyclic) bond motifs is 1. The first-order valence-electron chi connectivity index (χ1n) is 5.87. The minimum Gasteiger partial charge on any atom is -0.486 e. The number of rotatable bonds is 3. The zero-order valence-electron chi connectivity index (χ0n) is 10.1. The van der Waals surface area contributed by atoms with Gasteiger partial charge in [-0.3, -0.25) is 0 Å². The largest absolute Gasteiger partial charge is 0.486 e. The van der Waals surface area contributed by atoms with E-state index in [0.29, 0.717) is 11.3 Å². The predicted octanol–water partition coefficient (Wildman–Crippen LogP) is 3.73. The molecule has 0 saturated carbocycles. The van der Waals surface area contributed by atoms with E-state index in [1.807, 2.05) is 12.1 Å². The first kappa shape index (κ1) is 11.6.